The molecule has 0 unspecified atom stereocenters. The molecule has 0 spiro atoms. The Morgan fingerprint density at radius 3 is 2.55 bits per heavy atom. The summed E-state index contributed by atoms with van der Waals surface area (Å²) >= 11 is 0. The van der Waals surface area contributed by atoms with E-state index in [0.29, 0.717) is 18.8 Å². The molecule has 2 aromatic rings. The van der Waals surface area contributed by atoms with Gasteiger partial charge in [0, 0.05) is 44.3 Å². The van der Waals surface area contributed by atoms with Crippen molar-refractivity contribution in [1.82, 2.24) is 14.9 Å². The first-order valence-electron chi connectivity index (χ1n) is 7.53. The maximum absolute atomic E-state index is 12.4. The number of hydrogen-bond acceptors (Lipinski definition) is 4. The van der Waals surface area contributed by atoms with E-state index in [9.17, 15) is 4.79 Å². The van der Waals surface area contributed by atoms with E-state index in [-0.39, 0.29) is 5.91 Å². The highest BCUT2D eigenvalue weighted by Crippen LogP contribution is 2.24. The summed E-state index contributed by atoms with van der Waals surface area (Å²) in [6.45, 7) is 7.40. The standard InChI is InChI=1S/C17H20N4O/c1-13-4-3-5-16(14(13)2)20-8-10-21(11-9-20)17(22)15-12-18-6-7-19-15/h3-7,12H,8-11H2,1-2H3. The van der Waals surface area contributed by atoms with Crippen LogP contribution in [0.5, 0.6) is 0 Å². The number of nitrogens with zero attached hydrogens (tertiary/aromatic N) is 4. The quantitative estimate of drug-likeness (QED) is 0.851. The third-order valence-corrected chi connectivity index (χ3v) is 4.27. The summed E-state index contributed by atoms with van der Waals surface area (Å²) in [7, 11) is 0. The van der Waals surface area contributed by atoms with Crippen molar-refractivity contribution in [3.05, 3.63) is 53.6 Å². The minimum absolute atomic E-state index is 0.0336. The molecule has 0 radical (unpaired) electrons. The molecule has 114 valence electrons. The van der Waals surface area contributed by atoms with Crippen LogP contribution in [-0.4, -0.2) is 47.0 Å². The average Bonchev–Trinajstić information content (AvgIpc) is 2.58. The lowest BCUT2D eigenvalue weighted by atomic mass is 10.1. The van der Waals surface area contributed by atoms with Crippen LogP contribution in [0, 0.1) is 13.8 Å². The van der Waals surface area contributed by atoms with Gasteiger partial charge in [-0.25, -0.2) is 4.98 Å². The van der Waals surface area contributed by atoms with Gasteiger partial charge in [0.1, 0.15) is 5.69 Å². The second-order valence-electron chi connectivity index (χ2n) is 5.59. The van der Waals surface area contributed by atoms with Gasteiger partial charge in [-0.2, -0.15) is 0 Å². The molecule has 5 heteroatoms. The van der Waals surface area contributed by atoms with Crippen LogP contribution in [0.3, 0.4) is 0 Å². The summed E-state index contributed by atoms with van der Waals surface area (Å²) in [4.78, 5) is 24.6. The highest BCUT2D eigenvalue weighted by molar-refractivity contribution is 5.92. The lowest BCUT2D eigenvalue weighted by Crippen LogP contribution is -2.49. The summed E-state index contributed by atoms with van der Waals surface area (Å²) in [6.07, 6.45) is 4.66. The number of aryl methyl sites for hydroxylation is 1. The van der Waals surface area contributed by atoms with Crippen molar-refractivity contribution in [3.63, 3.8) is 0 Å². The van der Waals surface area contributed by atoms with E-state index in [1.807, 2.05) is 4.90 Å². The van der Waals surface area contributed by atoms with Gasteiger partial charge in [-0.3, -0.25) is 9.78 Å². The zero-order chi connectivity index (χ0) is 15.5. The molecular weight excluding hydrogens is 276 g/mol. The highest BCUT2D eigenvalue weighted by atomic mass is 16.2. The Kier molecular flexibility index (Phi) is 4.04. The minimum Gasteiger partial charge on any atom is -0.368 e. The van der Waals surface area contributed by atoms with Crippen LogP contribution >= 0.6 is 0 Å². The summed E-state index contributed by atoms with van der Waals surface area (Å²) in [5.41, 5.74) is 4.31. The van der Waals surface area contributed by atoms with Gasteiger partial charge in [0.05, 0.1) is 6.20 Å². The molecule has 1 aromatic heterocycles. The fraction of sp³-hybridized carbons (Fsp3) is 0.353. The number of amides is 1. The summed E-state index contributed by atoms with van der Waals surface area (Å²) in [5.74, 6) is -0.0336. The topological polar surface area (TPSA) is 49.3 Å². The molecule has 3 rings (SSSR count). The van der Waals surface area contributed by atoms with Gasteiger partial charge in [0.25, 0.3) is 5.91 Å². The first-order chi connectivity index (χ1) is 10.7. The second-order valence-corrected chi connectivity index (χ2v) is 5.59. The molecule has 1 fully saturated rings. The maximum Gasteiger partial charge on any atom is 0.274 e. The average molecular weight is 296 g/mol. The molecule has 1 amide bonds. The summed E-state index contributed by atoms with van der Waals surface area (Å²) < 4.78 is 0. The molecule has 1 aromatic carbocycles. The number of hydrogen-bond donors (Lipinski definition) is 0. The fourth-order valence-electron chi connectivity index (χ4n) is 2.80. The van der Waals surface area contributed by atoms with Gasteiger partial charge in [-0.15, -0.1) is 0 Å². The van der Waals surface area contributed by atoms with Crippen molar-refractivity contribution >= 4 is 11.6 Å². The van der Waals surface area contributed by atoms with E-state index in [1.165, 1.54) is 23.0 Å². The van der Waals surface area contributed by atoms with Crippen molar-refractivity contribution in [2.24, 2.45) is 0 Å². The number of rotatable bonds is 2. The van der Waals surface area contributed by atoms with Crippen LogP contribution < -0.4 is 4.90 Å². The largest absolute Gasteiger partial charge is 0.368 e. The Bertz CT molecular complexity index is 664. The molecular formula is C17H20N4O. The van der Waals surface area contributed by atoms with Crippen LogP contribution in [0.2, 0.25) is 0 Å². The Labute approximate surface area is 130 Å². The monoisotopic (exact) mass is 296 g/mol. The van der Waals surface area contributed by atoms with Crippen molar-refractivity contribution in [2.45, 2.75) is 13.8 Å². The Morgan fingerprint density at radius 2 is 1.86 bits per heavy atom. The van der Waals surface area contributed by atoms with Crippen molar-refractivity contribution in [2.75, 3.05) is 31.1 Å². The molecule has 0 N–H and O–H groups in total. The van der Waals surface area contributed by atoms with Gasteiger partial charge in [-0.1, -0.05) is 12.1 Å². The van der Waals surface area contributed by atoms with Crippen molar-refractivity contribution in [3.8, 4) is 0 Å². The second kappa shape index (κ2) is 6.13. The van der Waals surface area contributed by atoms with Crippen molar-refractivity contribution < 1.29 is 4.79 Å². The van der Waals surface area contributed by atoms with Crippen LogP contribution in [0.1, 0.15) is 21.6 Å². The van der Waals surface area contributed by atoms with Crippen LogP contribution in [0.15, 0.2) is 36.8 Å². The molecule has 0 aliphatic carbocycles. The van der Waals surface area contributed by atoms with Gasteiger partial charge in [0.15, 0.2) is 0 Å². The SMILES string of the molecule is Cc1cccc(N2CCN(C(=O)c3cnccn3)CC2)c1C. The fourth-order valence-corrected chi connectivity index (χ4v) is 2.80. The first kappa shape index (κ1) is 14.5. The van der Waals surface area contributed by atoms with Crippen LogP contribution in [0.25, 0.3) is 0 Å². The molecule has 2 heterocycles. The third-order valence-electron chi connectivity index (χ3n) is 4.27. The van der Waals surface area contributed by atoms with Gasteiger partial charge >= 0.3 is 0 Å². The molecule has 0 saturated carbocycles. The van der Waals surface area contributed by atoms with E-state index in [4.69, 9.17) is 0 Å². The zero-order valence-electron chi connectivity index (χ0n) is 13.0. The summed E-state index contributed by atoms with van der Waals surface area (Å²) in [5, 5.41) is 0. The molecule has 22 heavy (non-hydrogen) atoms. The Hall–Kier alpha value is -2.43. The smallest absolute Gasteiger partial charge is 0.274 e. The number of aromatic nitrogens is 2. The van der Waals surface area contributed by atoms with Crippen LogP contribution in [-0.2, 0) is 0 Å². The molecule has 5 nitrogen and oxygen atoms in total. The molecule has 0 atom stereocenters. The first-order valence-corrected chi connectivity index (χ1v) is 7.53. The van der Waals surface area contributed by atoms with E-state index >= 15 is 0 Å². The number of carbonyl (C=O) groups excluding carboxylic acids is 1. The van der Waals surface area contributed by atoms with E-state index in [2.05, 4.69) is 46.9 Å². The number of carbonyl (C=O) groups is 1. The maximum atomic E-state index is 12.4. The summed E-state index contributed by atoms with van der Waals surface area (Å²) in [6, 6.07) is 6.38. The Balaban J connectivity index is 1.68. The zero-order valence-corrected chi connectivity index (χ0v) is 13.0. The number of piperazine rings is 1. The normalized spacial score (nSPS) is 15.0. The van der Waals surface area contributed by atoms with Crippen LogP contribution in [0.4, 0.5) is 5.69 Å². The number of benzene rings is 1. The highest BCUT2D eigenvalue weighted by Gasteiger charge is 2.23. The number of anilines is 1. The van der Waals surface area contributed by atoms with E-state index in [0.717, 1.165) is 13.1 Å². The molecule has 1 saturated heterocycles. The molecule has 1 aliphatic rings. The molecule has 1 aliphatic heterocycles. The minimum atomic E-state index is -0.0336. The van der Waals surface area contributed by atoms with Gasteiger partial charge < -0.3 is 9.80 Å². The van der Waals surface area contributed by atoms with Gasteiger partial charge in [-0.05, 0) is 31.0 Å². The van der Waals surface area contributed by atoms with Crippen molar-refractivity contribution in [1.29, 1.82) is 0 Å². The van der Waals surface area contributed by atoms with Gasteiger partial charge in [0.2, 0.25) is 0 Å². The Morgan fingerprint density at radius 1 is 1.09 bits per heavy atom. The predicted octanol–water partition coefficient (Wildman–Crippen LogP) is 2.06. The molecule has 0 bridgehead atoms. The lowest BCUT2D eigenvalue weighted by molar-refractivity contribution is 0.0740. The lowest BCUT2D eigenvalue weighted by Gasteiger charge is -2.36. The predicted molar refractivity (Wildman–Crippen MR) is 86.1 cm³/mol. The van der Waals surface area contributed by atoms with E-state index in [1.54, 1.807) is 12.4 Å². The van der Waals surface area contributed by atoms with E-state index < -0.39 is 0 Å². The third kappa shape index (κ3) is 2.79.